The fraction of sp³-hybridized carbons (Fsp3) is 0.230. The molecule has 12 rings (SSSR count). The minimum atomic E-state index is -1.05. The van der Waals surface area contributed by atoms with Crippen LogP contribution in [-0.4, -0.2) is 0 Å². The predicted molar refractivity (Wildman–Crippen MR) is 268 cm³/mol. The second-order valence-electron chi connectivity index (χ2n) is 20.7. The summed E-state index contributed by atoms with van der Waals surface area (Å²) in [5, 5.41) is 0. The van der Waals surface area contributed by atoms with E-state index in [-0.39, 0.29) is 17.0 Å². The Morgan fingerprint density at radius 3 is 1.91 bits per heavy atom. The molecule has 0 saturated heterocycles. The normalized spacial score (nSPS) is 17.8. The molecule has 5 heterocycles. The van der Waals surface area contributed by atoms with E-state index in [1.165, 1.54) is 95.0 Å². The number of para-hydroxylation sites is 1. The van der Waals surface area contributed by atoms with Gasteiger partial charge in [-0.15, -0.1) is 4.57 Å². The molecule has 0 bridgehead atoms. The SMILES string of the molecule is CCC(C)c1ccc(N2c3cccc4c3N3C2c2cc(C(C)(C)C)cc(C(C)(C)C)c2OC32c3c-4cc(-c4ccccc4)cc3-c3cc(-c4ccccc4)cc[n+]32)c(-c2ccccc2)c1. The number of hydrogen-bond donors (Lipinski definition) is 0. The summed E-state index contributed by atoms with van der Waals surface area (Å²) in [6, 6.07) is 61.4. The molecule has 7 aromatic carbocycles. The number of aromatic nitrogens is 1. The van der Waals surface area contributed by atoms with E-state index in [0.717, 1.165) is 17.9 Å². The highest BCUT2D eigenvalue weighted by Crippen LogP contribution is 2.68. The van der Waals surface area contributed by atoms with Crippen LogP contribution >= 0.6 is 0 Å². The quantitative estimate of drug-likeness (QED) is 0.155. The number of pyridine rings is 1. The van der Waals surface area contributed by atoms with Crippen LogP contribution in [0.2, 0.25) is 0 Å². The number of nitrogens with zero attached hydrogens (tertiary/aromatic N) is 3. The van der Waals surface area contributed by atoms with Crippen LogP contribution in [0, 0.1) is 0 Å². The molecule has 0 fully saturated rings. The van der Waals surface area contributed by atoms with Crippen LogP contribution in [0.3, 0.4) is 0 Å². The molecule has 8 aromatic rings. The summed E-state index contributed by atoms with van der Waals surface area (Å²) >= 11 is 0. The van der Waals surface area contributed by atoms with Gasteiger partial charge in [-0.1, -0.05) is 171 Å². The van der Waals surface area contributed by atoms with Crippen molar-refractivity contribution in [3.8, 4) is 61.5 Å². The summed E-state index contributed by atoms with van der Waals surface area (Å²) in [6.45, 7) is 18.7. The Morgan fingerprint density at radius 2 is 1.25 bits per heavy atom. The molecule has 0 radical (unpaired) electrons. The van der Waals surface area contributed by atoms with Gasteiger partial charge in [-0.25, -0.2) is 4.90 Å². The van der Waals surface area contributed by atoms with Crippen molar-refractivity contribution in [2.24, 2.45) is 0 Å². The van der Waals surface area contributed by atoms with E-state index in [9.17, 15) is 0 Å². The fourth-order valence-corrected chi connectivity index (χ4v) is 11.2. The molecule has 4 heteroatoms. The number of benzene rings is 7. The van der Waals surface area contributed by atoms with Crippen molar-refractivity contribution in [3.05, 3.63) is 198 Å². The lowest BCUT2D eigenvalue weighted by Gasteiger charge is -2.49. The van der Waals surface area contributed by atoms with Crippen LogP contribution in [0.15, 0.2) is 170 Å². The average Bonchev–Trinajstić information content (AvgIpc) is 3.82. The monoisotopic (exact) mass is 846 g/mol. The van der Waals surface area contributed by atoms with E-state index in [0.29, 0.717) is 5.92 Å². The van der Waals surface area contributed by atoms with Gasteiger partial charge in [0.1, 0.15) is 17.5 Å². The van der Waals surface area contributed by atoms with E-state index >= 15 is 0 Å². The Morgan fingerprint density at radius 1 is 0.585 bits per heavy atom. The van der Waals surface area contributed by atoms with Crippen LogP contribution < -0.4 is 19.1 Å². The molecule has 3 unspecified atom stereocenters. The molecule has 4 nitrogen and oxygen atoms in total. The third-order valence-electron chi connectivity index (χ3n) is 14.7. The maximum Gasteiger partial charge on any atom is 0.432 e. The Labute approximate surface area is 384 Å². The van der Waals surface area contributed by atoms with Crippen molar-refractivity contribution in [1.82, 2.24) is 0 Å². The maximum atomic E-state index is 8.18. The van der Waals surface area contributed by atoms with Crippen LogP contribution in [0.25, 0.3) is 55.8 Å². The van der Waals surface area contributed by atoms with Crippen LogP contribution in [0.5, 0.6) is 5.75 Å². The molecular formula is C61H56N3O+. The molecular weight excluding hydrogens is 791 g/mol. The van der Waals surface area contributed by atoms with Gasteiger partial charge in [-0.05, 0) is 98.5 Å². The first-order valence-electron chi connectivity index (χ1n) is 23.5. The summed E-state index contributed by atoms with van der Waals surface area (Å²) in [7, 11) is 0. The Hall–Kier alpha value is -6.91. The summed E-state index contributed by atoms with van der Waals surface area (Å²) < 4.78 is 10.6. The molecule has 0 saturated carbocycles. The summed E-state index contributed by atoms with van der Waals surface area (Å²) in [5.74, 6) is 0.353. The van der Waals surface area contributed by atoms with E-state index in [4.69, 9.17) is 4.74 Å². The van der Waals surface area contributed by atoms with Gasteiger partial charge >= 0.3 is 5.85 Å². The van der Waals surface area contributed by atoms with Crippen molar-refractivity contribution in [3.63, 3.8) is 0 Å². The van der Waals surface area contributed by atoms with Crippen molar-refractivity contribution in [1.29, 1.82) is 0 Å². The van der Waals surface area contributed by atoms with Gasteiger partial charge in [0.2, 0.25) is 5.69 Å². The smallest absolute Gasteiger partial charge is 0.410 e. The first-order valence-corrected chi connectivity index (χ1v) is 23.5. The Kier molecular flexibility index (Phi) is 8.57. The number of hydrogen-bond acceptors (Lipinski definition) is 3. The summed E-state index contributed by atoms with van der Waals surface area (Å²) in [6.07, 6.45) is 3.13. The second-order valence-corrected chi connectivity index (χ2v) is 20.7. The number of anilines is 3. The zero-order chi connectivity index (χ0) is 44.6. The van der Waals surface area contributed by atoms with Crippen molar-refractivity contribution >= 4 is 17.1 Å². The van der Waals surface area contributed by atoms with Crippen LogP contribution in [0.1, 0.15) is 102 Å². The minimum Gasteiger partial charge on any atom is -0.410 e. The molecule has 0 amide bonds. The van der Waals surface area contributed by atoms with Gasteiger partial charge in [0, 0.05) is 39.9 Å². The van der Waals surface area contributed by atoms with E-state index in [1.807, 2.05) is 0 Å². The standard InChI is InChI=1S/C61H56N3O/c1-9-38(2)42-28-29-52(47(32-42)41-24-17-12-18-25-41)63-53-27-19-26-46-48-33-44(40-22-15-11-16-23-40)34-49-54-35-43(39-20-13-10-14-21-39)30-31-62(54)61(55(48)49)64(56(46)53)58(63)50-36-45(59(3,4)5)37-51(57(50)65-61)60(6,7)8/h10-38,58H,9H2,1-8H3/q+1. The summed E-state index contributed by atoms with van der Waals surface area (Å²) in [5.41, 5.74) is 21.5. The molecule has 65 heavy (non-hydrogen) atoms. The molecule has 0 aliphatic carbocycles. The Bertz CT molecular complexity index is 3210. The minimum absolute atomic E-state index is 0.100. The lowest BCUT2D eigenvalue weighted by Crippen LogP contribution is -2.71. The first-order chi connectivity index (χ1) is 31.4. The zero-order valence-electron chi connectivity index (χ0n) is 38.8. The number of fused-ring (bicyclic) bond motifs is 5. The van der Waals surface area contributed by atoms with Gasteiger partial charge in [0.05, 0.1) is 22.6 Å². The van der Waals surface area contributed by atoms with Crippen LogP contribution in [-0.2, 0) is 16.7 Å². The molecule has 0 N–H and O–H groups in total. The van der Waals surface area contributed by atoms with E-state index in [2.05, 4.69) is 240 Å². The average molecular weight is 847 g/mol. The van der Waals surface area contributed by atoms with Gasteiger partial charge in [0.15, 0.2) is 6.20 Å². The predicted octanol–water partition coefficient (Wildman–Crippen LogP) is 15.5. The lowest BCUT2D eigenvalue weighted by molar-refractivity contribution is -0.774. The van der Waals surface area contributed by atoms with Crippen molar-refractivity contribution < 1.29 is 9.30 Å². The van der Waals surface area contributed by atoms with Gasteiger partial charge in [0.25, 0.3) is 0 Å². The highest BCUT2D eigenvalue weighted by atomic mass is 16.5. The molecule has 1 aromatic heterocycles. The third kappa shape index (κ3) is 5.72. The van der Waals surface area contributed by atoms with Crippen molar-refractivity contribution in [2.45, 2.75) is 90.6 Å². The molecule has 3 atom stereocenters. The van der Waals surface area contributed by atoms with Gasteiger partial charge < -0.3 is 9.64 Å². The van der Waals surface area contributed by atoms with E-state index < -0.39 is 5.85 Å². The zero-order valence-corrected chi connectivity index (χ0v) is 38.8. The Balaban J connectivity index is 1.24. The van der Waals surface area contributed by atoms with Gasteiger partial charge in [-0.2, -0.15) is 0 Å². The molecule has 1 spiro atoms. The lowest BCUT2D eigenvalue weighted by atomic mass is 9.77. The fourth-order valence-electron chi connectivity index (χ4n) is 11.2. The topological polar surface area (TPSA) is 19.6 Å². The largest absolute Gasteiger partial charge is 0.432 e. The second kappa shape index (κ2) is 14.0. The van der Waals surface area contributed by atoms with Crippen LogP contribution in [0.4, 0.5) is 17.1 Å². The number of ether oxygens (including phenoxy) is 1. The first kappa shape index (κ1) is 39.7. The summed E-state index contributed by atoms with van der Waals surface area (Å²) in [4.78, 5) is 5.34. The highest BCUT2D eigenvalue weighted by molar-refractivity contribution is 6.03. The molecule has 4 aliphatic rings. The molecule has 4 aliphatic heterocycles. The third-order valence-corrected chi connectivity index (χ3v) is 14.7. The maximum absolute atomic E-state index is 8.18. The van der Waals surface area contributed by atoms with Gasteiger partial charge in [-0.3, -0.25) is 0 Å². The number of rotatable bonds is 6. The highest BCUT2D eigenvalue weighted by Gasteiger charge is 2.70. The molecule has 320 valence electrons. The van der Waals surface area contributed by atoms with E-state index in [1.54, 1.807) is 0 Å². The van der Waals surface area contributed by atoms with Crippen molar-refractivity contribution in [2.75, 3.05) is 9.80 Å².